The van der Waals surface area contributed by atoms with E-state index in [1.807, 2.05) is 62.4 Å². The minimum Gasteiger partial charge on any atom is -0.496 e. The molecule has 0 heterocycles. The number of rotatable bonds is 10. The van der Waals surface area contributed by atoms with E-state index in [0.717, 1.165) is 22.4 Å². The summed E-state index contributed by atoms with van der Waals surface area (Å²) in [6.07, 6.45) is 0. The highest BCUT2D eigenvalue weighted by atomic mass is 32.2. The van der Waals surface area contributed by atoms with E-state index in [0.29, 0.717) is 19.0 Å². The predicted molar refractivity (Wildman–Crippen MR) is 118 cm³/mol. The van der Waals surface area contributed by atoms with E-state index in [9.17, 15) is 8.42 Å². The van der Waals surface area contributed by atoms with Crippen molar-refractivity contribution in [3.8, 4) is 5.75 Å². The smallest absolute Gasteiger partial charge is 0.213 e. The van der Waals surface area contributed by atoms with Crippen molar-refractivity contribution in [2.75, 3.05) is 26.0 Å². The van der Waals surface area contributed by atoms with Crippen LogP contribution in [-0.4, -0.2) is 40.3 Å². The lowest BCUT2D eigenvalue weighted by atomic mass is 10.1. The van der Waals surface area contributed by atoms with E-state index >= 15 is 0 Å². The Morgan fingerprint density at radius 3 is 2.55 bits per heavy atom. The number of nitrogens with one attached hydrogen (secondary N) is 3. The summed E-state index contributed by atoms with van der Waals surface area (Å²) in [6.45, 7) is 5.61. The van der Waals surface area contributed by atoms with Gasteiger partial charge in [-0.15, -0.1) is 0 Å². The van der Waals surface area contributed by atoms with Crippen molar-refractivity contribution in [3.63, 3.8) is 0 Å². The van der Waals surface area contributed by atoms with E-state index in [1.54, 1.807) is 7.11 Å². The van der Waals surface area contributed by atoms with E-state index in [-0.39, 0.29) is 18.8 Å². The standard InChI is InChI=1S/C21H30N4O3S/c1-4-22-21(24-16-19-11-10-17(2)14-20(19)28-3)23-12-13-29(26,27)25-15-18-8-6-5-7-9-18/h5-11,14,25H,4,12-13,15-16H2,1-3H3,(H2,22,23,24). The highest BCUT2D eigenvalue weighted by molar-refractivity contribution is 7.89. The molecule has 158 valence electrons. The van der Waals surface area contributed by atoms with Gasteiger partial charge in [-0.25, -0.2) is 18.1 Å². The maximum atomic E-state index is 12.2. The third-order valence-corrected chi connectivity index (χ3v) is 5.52. The molecule has 0 saturated carbocycles. The molecule has 0 amide bonds. The van der Waals surface area contributed by atoms with Crippen molar-refractivity contribution in [2.45, 2.75) is 26.9 Å². The quantitative estimate of drug-likeness (QED) is 0.406. The number of nitrogens with zero attached hydrogens (tertiary/aromatic N) is 1. The molecule has 2 rings (SSSR count). The van der Waals surface area contributed by atoms with E-state index < -0.39 is 10.0 Å². The molecular formula is C21H30N4O3S. The van der Waals surface area contributed by atoms with Crippen LogP contribution in [0.5, 0.6) is 5.75 Å². The molecule has 7 nitrogen and oxygen atoms in total. The molecule has 0 aliphatic carbocycles. The van der Waals surface area contributed by atoms with Gasteiger partial charge in [0.05, 0.1) is 19.4 Å². The lowest BCUT2D eigenvalue weighted by Crippen LogP contribution is -2.41. The number of sulfonamides is 1. The zero-order valence-electron chi connectivity index (χ0n) is 17.2. The summed E-state index contributed by atoms with van der Waals surface area (Å²) in [5.41, 5.74) is 3.01. The fourth-order valence-corrected chi connectivity index (χ4v) is 3.56. The number of hydrogen-bond acceptors (Lipinski definition) is 4. The monoisotopic (exact) mass is 418 g/mol. The van der Waals surface area contributed by atoms with Crippen LogP contribution in [0.3, 0.4) is 0 Å². The molecule has 0 bridgehead atoms. The Kier molecular flexibility index (Phi) is 8.95. The van der Waals surface area contributed by atoms with E-state index in [1.165, 1.54) is 0 Å². The second kappa shape index (κ2) is 11.4. The Labute approximate surface area is 173 Å². The molecule has 0 fully saturated rings. The van der Waals surface area contributed by atoms with Crippen LogP contribution < -0.4 is 20.1 Å². The summed E-state index contributed by atoms with van der Waals surface area (Å²) >= 11 is 0. The second-order valence-corrected chi connectivity index (χ2v) is 8.49. The molecule has 0 saturated heterocycles. The van der Waals surface area contributed by atoms with Crippen LogP contribution >= 0.6 is 0 Å². The highest BCUT2D eigenvalue weighted by Crippen LogP contribution is 2.20. The predicted octanol–water partition coefficient (Wildman–Crippen LogP) is 2.18. The molecule has 2 aromatic rings. The van der Waals surface area contributed by atoms with Gasteiger partial charge in [-0.3, -0.25) is 0 Å². The van der Waals surface area contributed by atoms with Gasteiger partial charge in [0.25, 0.3) is 0 Å². The van der Waals surface area contributed by atoms with E-state index in [2.05, 4.69) is 20.3 Å². The number of aliphatic imine (C=N–C) groups is 1. The van der Waals surface area contributed by atoms with Gasteiger partial charge in [0.2, 0.25) is 10.0 Å². The maximum absolute atomic E-state index is 12.2. The summed E-state index contributed by atoms with van der Waals surface area (Å²) in [4.78, 5) is 4.53. The second-order valence-electron chi connectivity index (χ2n) is 6.56. The van der Waals surface area contributed by atoms with Gasteiger partial charge in [0, 0.05) is 25.2 Å². The summed E-state index contributed by atoms with van der Waals surface area (Å²) < 4.78 is 32.4. The normalized spacial score (nSPS) is 11.9. The molecule has 0 aromatic heterocycles. The summed E-state index contributed by atoms with van der Waals surface area (Å²) in [5.74, 6) is 1.31. The third kappa shape index (κ3) is 8.13. The van der Waals surface area contributed by atoms with Crippen LogP contribution in [0.1, 0.15) is 23.6 Å². The van der Waals surface area contributed by atoms with Crippen LogP contribution in [0.15, 0.2) is 53.5 Å². The Balaban J connectivity index is 1.89. The number of aryl methyl sites for hydroxylation is 1. The minimum atomic E-state index is -3.39. The Bertz CT molecular complexity index is 899. The molecule has 3 N–H and O–H groups in total. The van der Waals surface area contributed by atoms with Crippen molar-refractivity contribution in [3.05, 3.63) is 65.2 Å². The van der Waals surface area contributed by atoms with Gasteiger partial charge in [0.15, 0.2) is 5.96 Å². The zero-order valence-corrected chi connectivity index (χ0v) is 18.1. The number of benzene rings is 2. The number of methoxy groups -OCH3 is 1. The first-order valence-electron chi connectivity index (χ1n) is 9.60. The lowest BCUT2D eigenvalue weighted by molar-refractivity contribution is 0.409. The largest absolute Gasteiger partial charge is 0.496 e. The Morgan fingerprint density at radius 2 is 1.86 bits per heavy atom. The fourth-order valence-electron chi connectivity index (χ4n) is 2.65. The maximum Gasteiger partial charge on any atom is 0.213 e. The van der Waals surface area contributed by atoms with Crippen LogP contribution in [0, 0.1) is 6.92 Å². The number of guanidine groups is 1. The average molecular weight is 419 g/mol. The molecule has 0 radical (unpaired) electrons. The van der Waals surface area contributed by atoms with Crippen LogP contribution in [0.25, 0.3) is 0 Å². The van der Waals surface area contributed by atoms with Gasteiger partial charge in [-0.05, 0) is 31.0 Å². The molecule has 0 unspecified atom stereocenters. The molecule has 0 atom stereocenters. The molecule has 0 aliphatic heterocycles. The Hall–Kier alpha value is -2.58. The van der Waals surface area contributed by atoms with Crippen LogP contribution in [0.4, 0.5) is 0 Å². The molecule has 29 heavy (non-hydrogen) atoms. The van der Waals surface area contributed by atoms with Gasteiger partial charge >= 0.3 is 0 Å². The van der Waals surface area contributed by atoms with Gasteiger partial charge in [-0.2, -0.15) is 0 Å². The van der Waals surface area contributed by atoms with Crippen molar-refractivity contribution in [1.29, 1.82) is 0 Å². The van der Waals surface area contributed by atoms with E-state index in [4.69, 9.17) is 4.74 Å². The fraction of sp³-hybridized carbons (Fsp3) is 0.381. The minimum absolute atomic E-state index is 0.0436. The topological polar surface area (TPSA) is 91.8 Å². The molecule has 0 aliphatic rings. The van der Waals surface area contributed by atoms with Crippen LogP contribution in [0.2, 0.25) is 0 Å². The zero-order chi connectivity index (χ0) is 21.1. The molecule has 8 heteroatoms. The highest BCUT2D eigenvalue weighted by Gasteiger charge is 2.10. The molecule has 0 spiro atoms. The van der Waals surface area contributed by atoms with Gasteiger partial charge < -0.3 is 15.4 Å². The lowest BCUT2D eigenvalue weighted by Gasteiger charge is -2.13. The Morgan fingerprint density at radius 1 is 1.10 bits per heavy atom. The SMILES string of the molecule is CCNC(=NCc1ccc(C)cc1OC)NCCS(=O)(=O)NCc1ccccc1. The molecular weight excluding hydrogens is 388 g/mol. The average Bonchev–Trinajstić information content (AvgIpc) is 2.72. The molecule has 2 aromatic carbocycles. The van der Waals surface area contributed by atoms with Gasteiger partial charge in [0.1, 0.15) is 5.75 Å². The van der Waals surface area contributed by atoms with Crippen LogP contribution in [-0.2, 0) is 23.1 Å². The summed E-state index contributed by atoms with van der Waals surface area (Å²) in [5, 5.41) is 6.20. The van der Waals surface area contributed by atoms with Crippen molar-refractivity contribution < 1.29 is 13.2 Å². The first-order valence-corrected chi connectivity index (χ1v) is 11.3. The van der Waals surface area contributed by atoms with Gasteiger partial charge in [-0.1, -0.05) is 42.5 Å². The summed E-state index contributed by atoms with van der Waals surface area (Å²) in [6, 6.07) is 15.4. The summed E-state index contributed by atoms with van der Waals surface area (Å²) in [7, 11) is -1.75. The van der Waals surface area contributed by atoms with Crippen molar-refractivity contribution in [2.24, 2.45) is 4.99 Å². The number of ether oxygens (including phenoxy) is 1. The number of hydrogen-bond donors (Lipinski definition) is 3. The van der Waals surface area contributed by atoms with Crippen molar-refractivity contribution >= 4 is 16.0 Å². The first kappa shape index (κ1) is 22.7. The first-order chi connectivity index (χ1) is 13.9. The van der Waals surface area contributed by atoms with Crippen molar-refractivity contribution in [1.82, 2.24) is 15.4 Å². The third-order valence-electron chi connectivity index (χ3n) is 4.20.